The highest BCUT2D eigenvalue weighted by atomic mass is 16.2. The molecule has 1 heterocycles. The van der Waals surface area contributed by atoms with Crippen LogP contribution in [0, 0.1) is 6.92 Å². The van der Waals surface area contributed by atoms with Crippen LogP contribution in [0.4, 0.5) is 10.5 Å². The Morgan fingerprint density at radius 2 is 2.00 bits per heavy atom. The van der Waals surface area contributed by atoms with Crippen LogP contribution in [-0.4, -0.2) is 33.8 Å². The molecule has 2 aromatic rings. The van der Waals surface area contributed by atoms with Crippen molar-refractivity contribution < 1.29 is 9.59 Å². The number of hydrogen-bond donors (Lipinski definition) is 3. The molecule has 144 valence electrons. The first-order valence-corrected chi connectivity index (χ1v) is 9.29. The highest BCUT2D eigenvalue weighted by Crippen LogP contribution is 2.31. The van der Waals surface area contributed by atoms with E-state index in [1.165, 1.54) is 12.8 Å². The number of carbonyl (C=O) groups excluding carboxylic acids is 2. The van der Waals surface area contributed by atoms with Crippen LogP contribution in [0.25, 0.3) is 0 Å². The van der Waals surface area contributed by atoms with Gasteiger partial charge >= 0.3 is 6.03 Å². The molecule has 3 rings (SSSR count). The lowest BCUT2D eigenvalue weighted by Gasteiger charge is -2.19. The van der Waals surface area contributed by atoms with Gasteiger partial charge in [0.25, 0.3) is 5.91 Å². The van der Waals surface area contributed by atoms with E-state index in [0.717, 1.165) is 24.2 Å². The summed E-state index contributed by atoms with van der Waals surface area (Å²) in [6.45, 7) is 3.77. The molecule has 0 saturated heterocycles. The largest absolute Gasteiger partial charge is 0.355 e. The maximum absolute atomic E-state index is 12.5. The quantitative estimate of drug-likeness (QED) is 0.753. The highest BCUT2D eigenvalue weighted by Gasteiger charge is 2.23. The summed E-state index contributed by atoms with van der Waals surface area (Å²) in [5.74, 6) is 0.560. The predicted molar refractivity (Wildman–Crippen MR) is 103 cm³/mol. The molecule has 1 saturated carbocycles. The molecule has 3 N–H and O–H groups in total. The van der Waals surface area contributed by atoms with Gasteiger partial charge in [-0.05, 0) is 44.4 Å². The van der Waals surface area contributed by atoms with E-state index in [1.54, 1.807) is 31.6 Å². The van der Waals surface area contributed by atoms with Crippen LogP contribution in [0.15, 0.2) is 24.5 Å². The lowest BCUT2D eigenvalue weighted by atomic mass is 10.1. The third-order valence-corrected chi connectivity index (χ3v) is 5.03. The van der Waals surface area contributed by atoms with E-state index >= 15 is 0 Å². The van der Waals surface area contributed by atoms with Crippen molar-refractivity contribution in [2.75, 3.05) is 12.4 Å². The van der Waals surface area contributed by atoms with E-state index in [2.05, 4.69) is 30.7 Å². The number of aromatic nitrogens is 3. The van der Waals surface area contributed by atoms with Gasteiger partial charge in [0.2, 0.25) is 0 Å². The first kappa shape index (κ1) is 18.9. The summed E-state index contributed by atoms with van der Waals surface area (Å²) in [5.41, 5.74) is 1.96. The van der Waals surface area contributed by atoms with E-state index in [1.807, 2.05) is 13.8 Å². The molecule has 1 unspecified atom stereocenters. The molecule has 1 aromatic carbocycles. The van der Waals surface area contributed by atoms with Gasteiger partial charge in [0.15, 0.2) is 5.82 Å². The molecule has 3 amide bonds. The van der Waals surface area contributed by atoms with Crippen molar-refractivity contribution in [3.8, 4) is 0 Å². The summed E-state index contributed by atoms with van der Waals surface area (Å²) in [6, 6.07) is 4.98. The summed E-state index contributed by atoms with van der Waals surface area (Å²) >= 11 is 0. The van der Waals surface area contributed by atoms with Crippen LogP contribution in [0.5, 0.6) is 0 Å². The molecule has 27 heavy (non-hydrogen) atoms. The van der Waals surface area contributed by atoms with Crippen molar-refractivity contribution in [2.45, 2.75) is 51.6 Å². The Kier molecular flexibility index (Phi) is 5.73. The third kappa shape index (κ3) is 4.27. The number of nitrogens with one attached hydrogen (secondary N) is 3. The Labute approximate surface area is 158 Å². The van der Waals surface area contributed by atoms with E-state index in [4.69, 9.17) is 0 Å². The lowest BCUT2D eigenvalue weighted by Crippen LogP contribution is -2.33. The van der Waals surface area contributed by atoms with Crippen molar-refractivity contribution in [1.82, 2.24) is 25.4 Å². The number of hydrogen-bond acceptors (Lipinski definition) is 4. The third-order valence-electron chi connectivity index (χ3n) is 5.03. The minimum atomic E-state index is -0.347. The van der Waals surface area contributed by atoms with Crippen molar-refractivity contribution >= 4 is 17.6 Å². The number of carbonyl (C=O) groups is 2. The van der Waals surface area contributed by atoms with Crippen LogP contribution in [0.2, 0.25) is 0 Å². The minimum Gasteiger partial charge on any atom is -0.355 e. The molecule has 0 spiro atoms. The van der Waals surface area contributed by atoms with Crippen LogP contribution >= 0.6 is 0 Å². The maximum atomic E-state index is 12.5. The van der Waals surface area contributed by atoms with E-state index in [0.29, 0.717) is 17.3 Å². The number of rotatable bonds is 5. The van der Waals surface area contributed by atoms with Gasteiger partial charge in [0, 0.05) is 24.3 Å². The van der Waals surface area contributed by atoms with Crippen LogP contribution in [-0.2, 0) is 0 Å². The van der Waals surface area contributed by atoms with Gasteiger partial charge in [-0.3, -0.25) is 4.79 Å². The van der Waals surface area contributed by atoms with E-state index in [9.17, 15) is 9.59 Å². The van der Waals surface area contributed by atoms with Crippen LogP contribution < -0.4 is 16.0 Å². The van der Waals surface area contributed by atoms with Crippen molar-refractivity contribution in [3.63, 3.8) is 0 Å². The molecule has 8 nitrogen and oxygen atoms in total. The van der Waals surface area contributed by atoms with Crippen molar-refractivity contribution in [3.05, 3.63) is 41.5 Å². The fourth-order valence-electron chi connectivity index (χ4n) is 3.49. The summed E-state index contributed by atoms with van der Waals surface area (Å²) in [4.78, 5) is 24.3. The van der Waals surface area contributed by atoms with Crippen LogP contribution in [0.1, 0.15) is 66.4 Å². The normalized spacial score (nSPS) is 15.4. The van der Waals surface area contributed by atoms with Gasteiger partial charge in [0.1, 0.15) is 6.33 Å². The molecule has 1 atom stereocenters. The number of urea groups is 1. The Hall–Kier alpha value is -2.90. The molecule has 0 radical (unpaired) electrons. The Balaban J connectivity index is 1.68. The average molecular weight is 370 g/mol. The molecule has 0 aliphatic heterocycles. The van der Waals surface area contributed by atoms with Gasteiger partial charge in [-0.1, -0.05) is 18.9 Å². The van der Waals surface area contributed by atoms with Crippen molar-refractivity contribution in [1.29, 1.82) is 0 Å². The van der Waals surface area contributed by atoms with Gasteiger partial charge in [-0.15, -0.1) is 10.2 Å². The molecular weight excluding hydrogens is 344 g/mol. The summed E-state index contributed by atoms with van der Waals surface area (Å²) < 4.78 is 2.08. The van der Waals surface area contributed by atoms with Crippen LogP contribution in [0.3, 0.4) is 0 Å². The first-order valence-electron chi connectivity index (χ1n) is 9.29. The van der Waals surface area contributed by atoms with Gasteiger partial charge < -0.3 is 20.5 Å². The second kappa shape index (κ2) is 8.20. The minimum absolute atomic E-state index is 0.198. The van der Waals surface area contributed by atoms with Gasteiger partial charge in [-0.2, -0.15) is 0 Å². The number of anilines is 1. The number of aryl methyl sites for hydroxylation is 1. The molecular formula is C19H26N6O2. The summed E-state index contributed by atoms with van der Waals surface area (Å²) in [6.07, 6.45) is 6.42. The van der Waals surface area contributed by atoms with Gasteiger partial charge in [0.05, 0.1) is 6.04 Å². The Bertz CT molecular complexity index is 825. The summed E-state index contributed by atoms with van der Waals surface area (Å²) in [5, 5.41) is 16.5. The topological polar surface area (TPSA) is 101 Å². The number of nitrogens with zero attached hydrogens (tertiary/aromatic N) is 3. The SMILES string of the molecule is CNC(=O)c1ccc(C)c(NC(=O)NC(C)c2nncn2C2CCCC2)c1. The lowest BCUT2D eigenvalue weighted by molar-refractivity contribution is 0.0963. The summed E-state index contributed by atoms with van der Waals surface area (Å²) in [7, 11) is 1.57. The molecule has 0 bridgehead atoms. The monoisotopic (exact) mass is 370 g/mol. The molecule has 1 aliphatic carbocycles. The second-order valence-corrected chi connectivity index (χ2v) is 6.96. The molecule has 8 heteroatoms. The first-order chi connectivity index (χ1) is 13.0. The smallest absolute Gasteiger partial charge is 0.319 e. The highest BCUT2D eigenvalue weighted by molar-refractivity contribution is 5.97. The Morgan fingerprint density at radius 1 is 1.26 bits per heavy atom. The Morgan fingerprint density at radius 3 is 2.70 bits per heavy atom. The molecule has 1 aliphatic rings. The fourth-order valence-corrected chi connectivity index (χ4v) is 3.49. The van der Waals surface area contributed by atoms with Gasteiger partial charge in [-0.25, -0.2) is 4.79 Å². The fraction of sp³-hybridized carbons (Fsp3) is 0.474. The van der Waals surface area contributed by atoms with E-state index < -0.39 is 0 Å². The maximum Gasteiger partial charge on any atom is 0.319 e. The van der Waals surface area contributed by atoms with Crippen molar-refractivity contribution in [2.24, 2.45) is 0 Å². The average Bonchev–Trinajstić information content (AvgIpc) is 3.33. The zero-order valence-corrected chi connectivity index (χ0v) is 16.0. The number of benzene rings is 1. The number of amides is 3. The molecule has 1 fully saturated rings. The van der Waals surface area contributed by atoms with E-state index in [-0.39, 0.29) is 18.0 Å². The standard InChI is InChI=1S/C19H26N6O2/c1-12-8-9-14(18(26)20-3)10-16(12)23-19(27)22-13(2)17-24-21-11-25(17)15-6-4-5-7-15/h8-11,13,15H,4-7H2,1-3H3,(H,20,26)(H2,22,23,27). The predicted octanol–water partition coefficient (Wildman–Crippen LogP) is 2.94. The zero-order chi connectivity index (χ0) is 19.4. The second-order valence-electron chi connectivity index (χ2n) is 6.96. The zero-order valence-electron chi connectivity index (χ0n) is 16.0. The molecule has 1 aromatic heterocycles.